The third-order valence-electron chi connectivity index (χ3n) is 4.27. The molecule has 1 atom stereocenters. The molecule has 134 valence electrons. The molecule has 0 spiro atoms. The van der Waals surface area contributed by atoms with Crippen molar-refractivity contribution in [1.82, 2.24) is 0 Å². The molecule has 27 heavy (non-hydrogen) atoms. The summed E-state index contributed by atoms with van der Waals surface area (Å²) in [6.45, 7) is 0. The summed E-state index contributed by atoms with van der Waals surface area (Å²) in [4.78, 5) is 30.3. The predicted octanol–water partition coefficient (Wildman–Crippen LogP) is 4.67. The topological polar surface area (TPSA) is 75.9 Å². The highest BCUT2D eigenvalue weighted by Gasteiger charge is 2.43. The van der Waals surface area contributed by atoms with E-state index in [1.165, 1.54) is 22.1 Å². The number of nitrogens with zero attached hydrogens (tertiary/aromatic N) is 3. The Bertz CT molecular complexity index is 979. The molecule has 1 fully saturated rings. The first-order valence-corrected chi connectivity index (χ1v) is 8.30. The van der Waals surface area contributed by atoms with Gasteiger partial charge in [-0.05, 0) is 23.8 Å². The number of para-hydroxylation sites is 1. The van der Waals surface area contributed by atoms with E-state index in [0.29, 0.717) is 11.4 Å². The van der Waals surface area contributed by atoms with E-state index in [0.717, 1.165) is 5.56 Å². The molecule has 0 unspecified atom stereocenters. The maximum Gasteiger partial charge on any atom is 0.440 e. The van der Waals surface area contributed by atoms with Gasteiger partial charge in [-0.15, -0.1) is 0 Å². The third kappa shape index (κ3) is 3.06. The van der Waals surface area contributed by atoms with Crippen LogP contribution < -0.4 is 9.96 Å². The lowest BCUT2D eigenvalue weighted by molar-refractivity contribution is -0.384. The van der Waals surface area contributed by atoms with E-state index in [1.807, 2.05) is 60.7 Å². The summed E-state index contributed by atoms with van der Waals surface area (Å²) in [5.74, 6) is 0. The highest BCUT2D eigenvalue weighted by atomic mass is 16.7. The van der Waals surface area contributed by atoms with Gasteiger partial charge in [0.05, 0.1) is 16.3 Å². The number of amides is 1. The zero-order chi connectivity index (χ0) is 18.8. The minimum absolute atomic E-state index is 0.0923. The van der Waals surface area contributed by atoms with Gasteiger partial charge < -0.3 is 4.84 Å². The fourth-order valence-corrected chi connectivity index (χ4v) is 3.06. The van der Waals surface area contributed by atoms with Crippen molar-refractivity contribution in [1.29, 1.82) is 0 Å². The van der Waals surface area contributed by atoms with Gasteiger partial charge in [-0.1, -0.05) is 54.6 Å². The molecule has 0 aromatic heterocycles. The number of anilines is 2. The lowest BCUT2D eigenvalue weighted by Crippen LogP contribution is -2.31. The van der Waals surface area contributed by atoms with Gasteiger partial charge in [-0.25, -0.2) is 9.69 Å². The maximum absolute atomic E-state index is 12.7. The van der Waals surface area contributed by atoms with Crippen LogP contribution in [0.2, 0.25) is 0 Å². The van der Waals surface area contributed by atoms with E-state index in [4.69, 9.17) is 4.84 Å². The van der Waals surface area contributed by atoms with Gasteiger partial charge in [-0.3, -0.25) is 10.1 Å². The van der Waals surface area contributed by atoms with Gasteiger partial charge in [0, 0.05) is 12.1 Å². The zero-order valence-corrected chi connectivity index (χ0v) is 14.1. The van der Waals surface area contributed by atoms with Crippen LogP contribution in [0.3, 0.4) is 0 Å². The number of non-ortho nitro benzene ring substituents is 1. The molecule has 1 amide bonds. The van der Waals surface area contributed by atoms with Crippen LogP contribution in [0.4, 0.5) is 21.9 Å². The Labute approximate surface area is 155 Å². The van der Waals surface area contributed by atoms with Crippen LogP contribution in [0.5, 0.6) is 0 Å². The van der Waals surface area contributed by atoms with Crippen molar-refractivity contribution in [3.63, 3.8) is 0 Å². The molecule has 0 N–H and O–H groups in total. The molecule has 7 heteroatoms. The molecule has 0 radical (unpaired) electrons. The fourth-order valence-electron chi connectivity index (χ4n) is 3.06. The van der Waals surface area contributed by atoms with Crippen molar-refractivity contribution in [2.45, 2.75) is 6.17 Å². The second-order valence-electron chi connectivity index (χ2n) is 5.95. The monoisotopic (exact) mass is 361 g/mol. The number of benzene rings is 3. The van der Waals surface area contributed by atoms with Crippen molar-refractivity contribution < 1.29 is 14.6 Å². The van der Waals surface area contributed by atoms with Crippen LogP contribution in [0.25, 0.3) is 0 Å². The molecular formula is C20H15N3O4. The van der Waals surface area contributed by atoms with Crippen molar-refractivity contribution >= 4 is 23.2 Å². The van der Waals surface area contributed by atoms with Crippen LogP contribution in [0.15, 0.2) is 84.9 Å². The molecule has 3 aromatic rings. The van der Waals surface area contributed by atoms with E-state index >= 15 is 0 Å². The summed E-state index contributed by atoms with van der Waals surface area (Å²) in [6, 6.07) is 24.6. The van der Waals surface area contributed by atoms with Crippen LogP contribution in [0.1, 0.15) is 11.7 Å². The SMILES string of the molecule is O=C1ON(c2ccccc2)[C@@H](c2ccccc2)N1c1cccc([N+](=O)[O-])c1. The van der Waals surface area contributed by atoms with Crippen LogP contribution in [-0.2, 0) is 4.84 Å². The lowest BCUT2D eigenvalue weighted by Gasteiger charge is -2.27. The first-order valence-electron chi connectivity index (χ1n) is 8.30. The summed E-state index contributed by atoms with van der Waals surface area (Å²) < 4.78 is 0. The molecule has 0 saturated carbocycles. The Hall–Kier alpha value is -3.87. The smallest absolute Gasteiger partial charge is 0.319 e. The first-order chi connectivity index (χ1) is 13.1. The van der Waals surface area contributed by atoms with Gasteiger partial charge in [0.2, 0.25) is 0 Å². The summed E-state index contributed by atoms with van der Waals surface area (Å²) in [5.41, 5.74) is 1.82. The normalized spacial score (nSPS) is 16.3. The predicted molar refractivity (Wildman–Crippen MR) is 100 cm³/mol. The van der Waals surface area contributed by atoms with Gasteiger partial charge in [-0.2, -0.15) is 5.06 Å². The molecular weight excluding hydrogens is 346 g/mol. The van der Waals surface area contributed by atoms with Crippen molar-refractivity contribution in [2.24, 2.45) is 0 Å². The number of carbonyl (C=O) groups is 1. The van der Waals surface area contributed by atoms with Gasteiger partial charge in [0.25, 0.3) is 5.69 Å². The summed E-state index contributed by atoms with van der Waals surface area (Å²) >= 11 is 0. The first kappa shape index (κ1) is 16.6. The second kappa shape index (κ2) is 6.80. The van der Waals surface area contributed by atoms with E-state index in [1.54, 1.807) is 12.1 Å². The molecule has 0 bridgehead atoms. The van der Waals surface area contributed by atoms with Gasteiger partial charge in [0.15, 0.2) is 6.17 Å². The van der Waals surface area contributed by atoms with E-state index in [-0.39, 0.29) is 5.69 Å². The lowest BCUT2D eigenvalue weighted by atomic mass is 10.1. The molecule has 1 heterocycles. The minimum Gasteiger partial charge on any atom is -0.319 e. The van der Waals surface area contributed by atoms with Crippen LogP contribution in [0, 0.1) is 10.1 Å². The fraction of sp³-hybridized carbons (Fsp3) is 0.0500. The Kier molecular flexibility index (Phi) is 4.18. The number of carbonyl (C=O) groups excluding carboxylic acids is 1. The summed E-state index contributed by atoms with van der Waals surface area (Å²) in [7, 11) is 0. The standard InChI is InChI=1S/C20H15N3O4/c24-20-21(17-12-7-13-18(14-17)23(25)26)19(15-8-3-1-4-9-15)22(27-20)16-10-5-2-6-11-16/h1-14,19H/t19-/m0/s1. The van der Waals surface area contributed by atoms with Crippen molar-refractivity contribution in [3.8, 4) is 0 Å². The zero-order valence-electron chi connectivity index (χ0n) is 14.1. The van der Waals surface area contributed by atoms with Gasteiger partial charge in [0.1, 0.15) is 0 Å². The largest absolute Gasteiger partial charge is 0.440 e. The Morgan fingerprint density at radius 1 is 0.852 bits per heavy atom. The number of hydrogen-bond acceptors (Lipinski definition) is 5. The molecule has 1 aliphatic rings. The van der Waals surface area contributed by atoms with Crippen molar-refractivity contribution in [3.05, 3.63) is 101 Å². The van der Waals surface area contributed by atoms with Crippen molar-refractivity contribution in [2.75, 3.05) is 9.96 Å². The average Bonchev–Trinajstić information content (AvgIpc) is 3.06. The summed E-state index contributed by atoms with van der Waals surface area (Å²) in [6.07, 6.45) is -1.20. The second-order valence-corrected chi connectivity index (χ2v) is 5.95. The van der Waals surface area contributed by atoms with E-state index in [9.17, 15) is 14.9 Å². The molecule has 3 aromatic carbocycles. The number of hydroxylamine groups is 1. The van der Waals surface area contributed by atoms with Crippen LogP contribution >= 0.6 is 0 Å². The highest BCUT2D eigenvalue weighted by Crippen LogP contribution is 2.40. The number of nitro groups is 1. The molecule has 1 saturated heterocycles. The highest BCUT2D eigenvalue weighted by molar-refractivity contribution is 5.92. The quantitative estimate of drug-likeness (QED) is 0.498. The van der Waals surface area contributed by atoms with Gasteiger partial charge >= 0.3 is 6.09 Å². The number of hydrogen-bond donors (Lipinski definition) is 0. The Morgan fingerprint density at radius 3 is 2.15 bits per heavy atom. The summed E-state index contributed by atoms with van der Waals surface area (Å²) in [5, 5.41) is 12.7. The molecule has 1 aliphatic heterocycles. The number of rotatable bonds is 4. The molecule has 7 nitrogen and oxygen atoms in total. The Balaban J connectivity index is 1.83. The number of nitro benzene ring substituents is 1. The molecule has 0 aliphatic carbocycles. The Morgan fingerprint density at radius 2 is 1.48 bits per heavy atom. The minimum atomic E-state index is -0.604. The average molecular weight is 361 g/mol. The van der Waals surface area contributed by atoms with E-state index < -0.39 is 17.2 Å². The maximum atomic E-state index is 12.7. The van der Waals surface area contributed by atoms with Crippen LogP contribution in [-0.4, -0.2) is 11.0 Å². The third-order valence-corrected chi connectivity index (χ3v) is 4.27. The molecule has 4 rings (SSSR count). The van der Waals surface area contributed by atoms with E-state index in [2.05, 4.69) is 0 Å².